The summed E-state index contributed by atoms with van der Waals surface area (Å²) in [5.41, 5.74) is 0.256. The molecule has 0 aromatic heterocycles. The summed E-state index contributed by atoms with van der Waals surface area (Å²) in [6.07, 6.45) is 7.39. The fraction of sp³-hybridized carbons (Fsp3) is 0.562. The predicted octanol–water partition coefficient (Wildman–Crippen LogP) is 3.42. The number of carbonyl (C=O) groups excluding carboxylic acids is 1. The molecule has 0 saturated heterocycles. The Morgan fingerprint density at radius 1 is 1.25 bits per heavy atom. The topological polar surface area (TPSA) is 32.3 Å². The molecule has 0 heterocycles. The van der Waals surface area contributed by atoms with Crippen LogP contribution in [0.1, 0.15) is 38.5 Å². The van der Waals surface area contributed by atoms with Gasteiger partial charge in [0.05, 0.1) is 12.2 Å². The molecule has 3 nitrogen and oxygen atoms in total. The number of likely N-dealkylation sites (N-methyl/N-ethyl adjacent to an activating group) is 1. The zero-order valence-electron chi connectivity index (χ0n) is 12.1. The van der Waals surface area contributed by atoms with Crippen LogP contribution >= 0.6 is 0 Å². The minimum atomic E-state index is -0.391. The molecule has 0 radical (unpaired) electrons. The Labute approximate surface area is 120 Å². The third kappa shape index (κ3) is 4.30. The van der Waals surface area contributed by atoms with Crippen molar-refractivity contribution in [1.29, 1.82) is 0 Å². The van der Waals surface area contributed by atoms with Crippen molar-refractivity contribution in [2.24, 2.45) is 0 Å². The molecule has 0 unspecified atom stereocenters. The minimum Gasteiger partial charge on any atom is -0.322 e. The Hall–Kier alpha value is -1.42. The van der Waals surface area contributed by atoms with Crippen molar-refractivity contribution in [2.45, 2.75) is 44.6 Å². The van der Waals surface area contributed by atoms with Crippen molar-refractivity contribution in [3.05, 3.63) is 30.1 Å². The lowest BCUT2D eigenvalue weighted by atomic mass is 10.1. The zero-order valence-corrected chi connectivity index (χ0v) is 12.1. The number of carbonyl (C=O) groups is 1. The number of halogens is 1. The van der Waals surface area contributed by atoms with Crippen LogP contribution in [-0.2, 0) is 4.79 Å². The summed E-state index contributed by atoms with van der Waals surface area (Å²) in [4.78, 5) is 14.1. The van der Waals surface area contributed by atoms with Gasteiger partial charge in [-0.1, -0.05) is 37.8 Å². The third-order valence-electron chi connectivity index (χ3n) is 3.99. The van der Waals surface area contributed by atoms with Crippen molar-refractivity contribution < 1.29 is 9.18 Å². The number of nitrogens with one attached hydrogen (secondary N) is 1. The molecule has 0 atom stereocenters. The van der Waals surface area contributed by atoms with E-state index in [1.807, 2.05) is 7.05 Å². The highest BCUT2D eigenvalue weighted by molar-refractivity contribution is 5.92. The summed E-state index contributed by atoms with van der Waals surface area (Å²) >= 11 is 0. The van der Waals surface area contributed by atoms with Crippen LogP contribution in [0.4, 0.5) is 10.1 Å². The molecule has 1 aliphatic rings. The molecule has 1 N–H and O–H groups in total. The van der Waals surface area contributed by atoms with Gasteiger partial charge in [0.2, 0.25) is 5.91 Å². The zero-order chi connectivity index (χ0) is 14.4. The average Bonchev–Trinajstić information content (AvgIpc) is 2.70. The van der Waals surface area contributed by atoms with Gasteiger partial charge in [0.1, 0.15) is 5.82 Å². The summed E-state index contributed by atoms with van der Waals surface area (Å²) in [5, 5.41) is 2.64. The van der Waals surface area contributed by atoms with E-state index < -0.39 is 5.82 Å². The fourth-order valence-corrected chi connectivity index (χ4v) is 2.81. The first kappa shape index (κ1) is 15.0. The molecule has 20 heavy (non-hydrogen) atoms. The molecule has 1 aliphatic carbocycles. The van der Waals surface area contributed by atoms with E-state index in [0.717, 1.165) is 12.8 Å². The van der Waals surface area contributed by atoms with Crippen LogP contribution in [-0.4, -0.2) is 30.4 Å². The second-order valence-corrected chi connectivity index (χ2v) is 5.59. The maximum atomic E-state index is 13.5. The lowest BCUT2D eigenvalue weighted by Crippen LogP contribution is -2.37. The van der Waals surface area contributed by atoms with Gasteiger partial charge in [-0.3, -0.25) is 9.69 Å². The highest BCUT2D eigenvalue weighted by Gasteiger charge is 2.19. The molecule has 1 saturated carbocycles. The number of benzene rings is 1. The van der Waals surface area contributed by atoms with Gasteiger partial charge in [-0.2, -0.15) is 0 Å². The Kier molecular flexibility index (Phi) is 5.53. The summed E-state index contributed by atoms with van der Waals surface area (Å²) in [6, 6.07) is 6.74. The highest BCUT2D eigenvalue weighted by Crippen LogP contribution is 2.21. The van der Waals surface area contributed by atoms with Crippen LogP contribution in [0.15, 0.2) is 24.3 Å². The van der Waals surface area contributed by atoms with Crippen molar-refractivity contribution in [3.8, 4) is 0 Å². The number of nitrogens with zero attached hydrogens (tertiary/aromatic N) is 1. The maximum Gasteiger partial charge on any atom is 0.238 e. The minimum absolute atomic E-state index is 0.151. The van der Waals surface area contributed by atoms with E-state index in [-0.39, 0.29) is 11.6 Å². The largest absolute Gasteiger partial charge is 0.322 e. The standard InChI is InChI=1S/C16H23FN2O/c1-19(13-8-4-2-3-5-9-13)12-16(20)18-15-11-7-6-10-14(15)17/h6-7,10-11,13H,2-5,8-9,12H2,1H3,(H,18,20). The number of rotatable bonds is 4. The van der Waals surface area contributed by atoms with Crippen molar-refractivity contribution in [2.75, 3.05) is 18.9 Å². The first-order chi connectivity index (χ1) is 9.66. The van der Waals surface area contributed by atoms with Gasteiger partial charge < -0.3 is 5.32 Å². The van der Waals surface area contributed by atoms with Gasteiger partial charge in [-0.15, -0.1) is 0 Å². The highest BCUT2D eigenvalue weighted by atomic mass is 19.1. The van der Waals surface area contributed by atoms with Gasteiger partial charge >= 0.3 is 0 Å². The van der Waals surface area contributed by atoms with E-state index in [0.29, 0.717) is 12.6 Å². The van der Waals surface area contributed by atoms with E-state index >= 15 is 0 Å². The molecule has 4 heteroatoms. The molecule has 110 valence electrons. The van der Waals surface area contributed by atoms with Gasteiger partial charge in [0, 0.05) is 6.04 Å². The van der Waals surface area contributed by atoms with Crippen LogP contribution in [0.25, 0.3) is 0 Å². The number of para-hydroxylation sites is 1. The van der Waals surface area contributed by atoms with Gasteiger partial charge in [0.25, 0.3) is 0 Å². The van der Waals surface area contributed by atoms with Crippen LogP contribution in [0.3, 0.4) is 0 Å². The Morgan fingerprint density at radius 2 is 1.90 bits per heavy atom. The van der Waals surface area contributed by atoms with E-state index in [1.54, 1.807) is 18.2 Å². The van der Waals surface area contributed by atoms with E-state index in [4.69, 9.17) is 0 Å². The maximum absolute atomic E-state index is 13.5. The molecule has 0 spiro atoms. The molecular weight excluding hydrogens is 255 g/mol. The molecule has 1 aromatic carbocycles. The summed E-state index contributed by atoms with van der Waals surface area (Å²) in [5.74, 6) is -0.542. The van der Waals surface area contributed by atoms with Crippen molar-refractivity contribution >= 4 is 11.6 Å². The van der Waals surface area contributed by atoms with Crippen molar-refractivity contribution in [3.63, 3.8) is 0 Å². The first-order valence-corrected chi connectivity index (χ1v) is 7.41. The molecule has 0 aliphatic heterocycles. The number of amides is 1. The molecule has 1 fully saturated rings. The molecule has 1 aromatic rings. The summed E-state index contributed by atoms with van der Waals surface area (Å²) < 4.78 is 13.5. The number of anilines is 1. The van der Waals surface area contributed by atoms with Crippen LogP contribution in [0.2, 0.25) is 0 Å². The van der Waals surface area contributed by atoms with Gasteiger partial charge in [-0.25, -0.2) is 4.39 Å². The van der Waals surface area contributed by atoms with E-state index in [2.05, 4.69) is 10.2 Å². The van der Waals surface area contributed by atoms with Gasteiger partial charge in [0.15, 0.2) is 0 Å². The molecule has 0 bridgehead atoms. The van der Waals surface area contributed by atoms with Crippen LogP contribution in [0.5, 0.6) is 0 Å². The predicted molar refractivity (Wildman–Crippen MR) is 79.1 cm³/mol. The fourth-order valence-electron chi connectivity index (χ4n) is 2.81. The smallest absolute Gasteiger partial charge is 0.238 e. The van der Waals surface area contributed by atoms with Gasteiger partial charge in [-0.05, 0) is 32.0 Å². The summed E-state index contributed by atoms with van der Waals surface area (Å²) in [6.45, 7) is 0.318. The Bertz CT molecular complexity index is 442. The second-order valence-electron chi connectivity index (χ2n) is 5.59. The number of hydrogen-bond donors (Lipinski definition) is 1. The Morgan fingerprint density at radius 3 is 2.55 bits per heavy atom. The van der Waals surface area contributed by atoms with E-state index in [1.165, 1.54) is 31.7 Å². The average molecular weight is 278 g/mol. The quantitative estimate of drug-likeness (QED) is 0.856. The molecule has 2 rings (SSSR count). The number of hydrogen-bond acceptors (Lipinski definition) is 2. The lowest BCUT2D eigenvalue weighted by molar-refractivity contribution is -0.117. The van der Waals surface area contributed by atoms with Crippen molar-refractivity contribution in [1.82, 2.24) is 4.90 Å². The van der Waals surface area contributed by atoms with E-state index in [9.17, 15) is 9.18 Å². The third-order valence-corrected chi connectivity index (χ3v) is 3.99. The Balaban J connectivity index is 1.85. The van der Waals surface area contributed by atoms with Crippen LogP contribution < -0.4 is 5.32 Å². The second kappa shape index (κ2) is 7.39. The monoisotopic (exact) mass is 278 g/mol. The normalized spacial score (nSPS) is 16.9. The molecule has 1 amide bonds. The lowest BCUT2D eigenvalue weighted by Gasteiger charge is -2.26. The SMILES string of the molecule is CN(CC(=O)Nc1ccccc1F)C1CCCCCC1. The first-order valence-electron chi connectivity index (χ1n) is 7.41. The summed E-state index contributed by atoms with van der Waals surface area (Å²) in [7, 11) is 1.98. The van der Waals surface area contributed by atoms with Crippen LogP contribution in [0, 0.1) is 5.82 Å². The molecular formula is C16H23FN2O.